The topological polar surface area (TPSA) is 58.4 Å². The summed E-state index contributed by atoms with van der Waals surface area (Å²) in [4.78, 5) is 12.1. The fourth-order valence-electron chi connectivity index (χ4n) is 2.87. The second-order valence-electron chi connectivity index (χ2n) is 7.88. The van der Waals surface area contributed by atoms with Crippen LogP contribution in [0, 0.1) is 11.2 Å². The number of hydrogen-bond donors (Lipinski definition) is 2. The highest BCUT2D eigenvalue weighted by molar-refractivity contribution is 5.90. The van der Waals surface area contributed by atoms with E-state index in [1.54, 1.807) is 0 Å². The van der Waals surface area contributed by atoms with Crippen molar-refractivity contribution in [2.75, 3.05) is 5.43 Å². The molecule has 9 heteroatoms. The lowest BCUT2D eigenvalue weighted by Crippen LogP contribution is -2.32. The van der Waals surface area contributed by atoms with E-state index in [-0.39, 0.29) is 29.1 Å². The first kappa shape index (κ1) is 20.6. The number of pyridine rings is 1. The summed E-state index contributed by atoms with van der Waals surface area (Å²) in [6.07, 6.45) is -3.11. The van der Waals surface area contributed by atoms with Crippen molar-refractivity contribution in [1.29, 1.82) is 0 Å². The zero-order valence-electron chi connectivity index (χ0n) is 16.1. The molecule has 154 valence electrons. The fraction of sp³-hybridized carbons (Fsp3) is 0.300. The molecule has 1 aromatic carbocycles. The van der Waals surface area contributed by atoms with Crippen LogP contribution in [0.3, 0.4) is 0 Å². The molecular weight excluding hydrogens is 388 g/mol. The van der Waals surface area contributed by atoms with Gasteiger partial charge in [0.2, 0.25) is 5.91 Å². The van der Waals surface area contributed by atoms with Gasteiger partial charge in [0.15, 0.2) is 5.82 Å². The Bertz CT molecular complexity index is 1030. The van der Waals surface area contributed by atoms with Crippen molar-refractivity contribution < 1.29 is 22.4 Å². The third-order valence-electron chi connectivity index (χ3n) is 4.11. The zero-order chi connectivity index (χ0) is 21.4. The lowest BCUT2D eigenvalue weighted by Gasteiger charge is -2.17. The first-order valence-corrected chi connectivity index (χ1v) is 8.84. The molecule has 0 aliphatic carbocycles. The third-order valence-corrected chi connectivity index (χ3v) is 4.11. The van der Waals surface area contributed by atoms with Crippen LogP contribution in [-0.4, -0.2) is 15.5 Å². The Morgan fingerprint density at radius 1 is 1.10 bits per heavy atom. The molecule has 1 amide bonds. The highest BCUT2D eigenvalue weighted by Crippen LogP contribution is 2.36. The Labute approximate surface area is 164 Å². The number of carbonyl (C=O) groups excluding carboxylic acids is 1. The minimum absolute atomic E-state index is 0.151. The molecule has 2 N–H and O–H groups in total. The number of aromatic nitrogens is 2. The summed E-state index contributed by atoms with van der Waals surface area (Å²) in [5, 5.41) is 4.23. The second kappa shape index (κ2) is 7.38. The molecule has 3 aromatic rings. The number of hydrazine groups is 1. The van der Waals surface area contributed by atoms with Crippen LogP contribution in [0.15, 0.2) is 42.6 Å². The summed E-state index contributed by atoms with van der Waals surface area (Å²) in [6.45, 7) is 5.71. The molecule has 0 radical (unpaired) electrons. The van der Waals surface area contributed by atoms with Gasteiger partial charge < -0.3 is 0 Å². The average molecular weight is 408 g/mol. The van der Waals surface area contributed by atoms with Gasteiger partial charge in [-0.3, -0.25) is 15.6 Å². The predicted molar refractivity (Wildman–Crippen MR) is 101 cm³/mol. The van der Waals surface area contributed by atoms with E-state index >= 15 is 0 Å². The number of alkyl halides is 3. The fourth-order valence-corrected chi connectivity index (χ4v) is 2.87. The van der Waals surface area contributed by atoms with Gasteiger partial charge in [-0.2, -0.15) is 13.2 Å². The molecule has 0 saturated carbocycles. The van der Waals surface area contributed by atoms with Gasteiger partial charge in [-0.15, -0.1) is 5.10 Å². The van der Waals surface area contributed by atoms with Crippen molar-refractivity contribution in [1.82, 2.24) is 15.0 Å². The number of benzene rings is 1. The number of anilines is 1. The molecule has 0 fully saturated rings. The van der Waals surface area contributed by atoms with E-state index in [1.807, 2.05) is 20.8 Å². The van der Waals surface area contributed by atoms with Gasteiger partial charge in [-0.05, 0) is 35.2 Å². The van der Waals surface area contributed by atoms with E-state index in [0.29, 0.717) is 11.1 Å². The van der Waals surface area contributed by atoms with Gasteiger partial charge in [0.1, 0.15) is 5.82 Å². The molecule has 0 saturated heterocycles. The summed E-state index contributed by atoms with van der Waals surface area (Å²) < 4.78 is 54.1. The van der Waals surface area contributed by atoms with Crippen LogP contribution >= 0.6 is 0 Å². The monoisotopic (exact) mass is 408 g/mol. The van der Waals surface area contributed by atoms with Crippen molar-refractivity contribution in [2.24, 2.45) is 5.41 Å². The van der Waals surface area contributed by atoms with Gasteiger partial charge in [0.05, 0.1) is 16.6 Å². The number of carbonyl (C=O) groups is 1. The van der Waals surface area contributed by atoms with Crippen molar-refractivity contribution in [3.63, 3.8) is 0 Å². The number of halogens is 4. The normalized spacial score (nSPS) is 12.2. The molecule has 0 aliphatic rings. The minimum atomic E-state index is -4.53. The number of fused-ring (bicyclic) bond motifs is 1. The Morgan fingerprint density at radius 2 is 1.76 bits per heavy atom. The Kier molecular flexibility index (Phi) is 5.25. The molecular formula is C20H20F4N4O. The SMILES string of the molecule is CC(C)(C)CC(=O)NNc1nn2ccc(C(F)(F)F)cc2c1-c1ccc(F)cc1. The first-order valence-electron chi connectivity index (χ1n) is 8.84. The van der Waals surface area contributed by atoms with E-state index in [9.17, 15) is 22.4 Å². The van der Waals surface area contributed by atoms with E-state index < -0.39 is 17.6 Å². The van der Waals surface area contributed by atoms with Gasteiger partial charge in [-0.25, -0.2) is 8.91 Å². The summed E-state index contributed by atoms with van der Waals surface area (Å²) in [5.41, 5.74) is 5.06. The number of hydrogen-bond acceptors (Lipinski definition) is 3. The van der Waals surface area contributed by atoms with Crippen molar-refractivity contribution >= 4 is 17.2 Å². The molecule has 0 bridgehead atoms. The zero-order valence-corrected chi connectivity index (χ0v) is 16.1. The quantitative estimate of drug-likeness (QED) is 0.470. The molecule has 0 atom stereocenters. The van der Waals surface area contributed by atoms with Gasteiger partial charge in [0.25, 0.3) is 0 Å². The Morgan fingerprint density at radius 3 is 2.34 bits per heavy atom. The standard InChI is InChI=1S/C20H20F4N4O/c1-19(2,3)11-16(29)25-26-18-17(12-4-6-14(21)7-5-12)15-10-13(20(22,23)24)8-9-28(15)27-18/h4-10H,11H2,1-3H3,(H,25,29)(H,26,27). The smallest absolute Gasteiger partial charge is 0.280 e. The van der Waals surface area contributed by atoms with Crippen LogP contribution in [0.5, 0.6) is 0 Å². The van der Waals surface area contributed by atoms with Crippen LogP contribution in [-0.2, 0) is 11.0 Å². The van der Waals surface area contributed by atoms with Crippen LogP contribution < -0.4 is 10.9 Å². The Balaban J connectivity index is 2.05. The average Bonchev–Trinajstić information content (AvgIpc) is 2.96. The number of amides is 1. The molecule has 29 heavy (non-hydrogen) atoms. The van der Waals surface area contributed by atoms with Gasteiger partial charge in [0, 0.05) is 12.6 Å². The van der Waals surface area contributed by atoms with E-state index in [1.165, 1.54) is 35.0 Å². The summed E-state index contributed by atoms with van der Waals surface area (Å²) in [6, 6.07) is 7.16. The van der Waals surface area contributed by atoms with Crippen LogP contribution in [0.2, 0.25) is 0 Å². The number of nitrogens with one attached hydrogen (secondary N) is 2. The molecule has 0 spiro atoms. The molecule has 0 unspecified atom stereocenters. The molecule has 0 aliphatic heterocycles. The minimum Gasteiger partial charge on any atom is -0.280 e. The number of rotatable bonds is 4. The molecule has 3 rings (SSSR count). The highest BCUT2D eigenvalue weighted by atomic mass is 19.4. The maximum Gasteiger partial charge on any atom is 0.416 e. The lowest BCUT2D eigenvalue weighted by molar-refractivity contribution is -0.137. The van der Waals surface area contributed by atoms with E-state index in [0.717, 1.165) is 12.1 Å². The van der Waals surface area contributed by atoms with Crippen LogP contribution in [0.4, 0.5) is 23.4 Å². The predicted octanol–water partition coefficient (Wildman–Crippen LogP) is 5.04. The summed E-state index contributed by atoms with van der Waals surface area (Å²) in [5.74, 6) is -0.622. The van der Waals surface area contributed by atoms with E-state index in [4.69, 9.17) is 0 Å². The van der Waals surface area contributed by atoms with Crippen LogP contribution in [0.1, 0.15) is 32.8 Å². The lowest BCUT2D eigenvalue weighted by atomic mass is 9.92. The first-order chi connectivity index (χ1) is 13.4. The Hall–Kier alpha value is -3.10. The largest absolute Gasteiger partial charge is 0.416 e. The third kappa shape index (κ3) is 4.85. The van der Waals surface area contributed by atoms with Gasteiger partial charge in [-0.1, -0.05) is 32.9 Å². The molecule has 2 heterocycles. The van der Waals surface area contributed by atoms with Crippen molar-refractivity contribution in [3.8, 4) is 11.1 Å². The maximum absolute atomic E-state index is 13.3. The van der Waals surface area contributed by atoms with Gasteiger partial charge >= 0.3 is 6.18 Å². The summed E-state index contributed by atoms with van der Waals surface area (Å²) >= 11 is 0. The highest BCUT2D eigenvalue weighted by Gasteiger charge is 2.31. The summed E-state index contributed by atoms with van der Waals surface area (Å²) in [7, 11) is 0. The molecule has 5 nitrogen and oxygen atoms in total. The van der Waals surface area contributed by atoms with E-state index in [2.05, 4.69) is 16.0 Å². The van der Waals surface area contributed by atoms with Crippen molar-refractivity contribution in [3.05, 3.63) is 54.0 Å². The maximum atomic E-state index is 13.3. The second-order valence-corrected chi connectivity index (χ2v) is 7.88. The number of nitrogens with zero attached hydrogens (tertiary/aromatic N) is 2. The van der Waals surface area contributed by atoms with Crippen molar-refractivity contribution in [2.45, 2.75) is 33.4 Å². The van der Waals surface area contributed by atoms with Crippen LogP contribution in [0.25, 0.3) is 16.6 Å². The molecule has 2 aromatic heterocycles.